The minimum absolute atomic E-state index is 1.03. The molecule has 0 aliphatic carbocycles. The molecule has 0 aromatic carbocycles. The molecule has 0 saturated carbocycles. The van der Waals surface area contributed by atoms with E-state index in [0.29, 0.717) is 0 Å². The van der Waals surface area contributed by atoms with Gasteiger partial charge >= 0.3 is 0 Å². The third-order valence-corrected chi connectivity index (χ3v) is 7.56. The Morgan fingerprint density at radius 3 is 1.38 bits per heavy atom. The van der Waals surface area contributed by atoms with E-state index in [-0.39, 0.29) is 0 Å². The van der Waals surface area contributed by atoms with Crippen molar-refractivity contribution in [2.75, 3.05) is 0 Å². The maximum atomic E-state index is 5.44. The summed E-state index contributed by atoms with van der Waals surface area (Å²) in [5.41, 5.74) is 0. The molecule has 2 heterocycles. The van der Waals surface area contributed by atoms with Gasteiger partial charge in [0.15, 0.2) is 0 Å². The third-order valence-electron chi connectivity index (χ3n) is 1.95. The van der Waals surface area contributed by atoms with E-state index >= 15 is 0 Å². The van der Waals surface area contributed by atoms with E-state index in [2.05, 4.69) is 25.7 Å². The molecular formula is C12H8S4. The monoisotopic (exact) mass is 280 g/mol. The SMILES string of the molecule is C#CC1=C(C)S/C(=C2/SC(C)=C(C#C)S2)S1. The molecule has 0 amide bonds. The highest BCUT2D eigenvalue weighted by Gasteiger charge is 2.25. The molecule has 2 aliphatic rings. The molecule has 0 bridgehead atoms. The summed E-state index contributed by atoms with van der Waals surface area (Å²) in [6, 6.07) is 0. The number of thioether (sulfide) groups is 4. The highest BCUT2D eigenvalue weighted by molar-refractivity contribution is 8.34. The molecule has 0 atom stereocenters. The average Bonchev–Trinajstić information content (AvgIpc) is 2.81. The summed E-state index contributed by atoms with van der Waals surface area (Å²) in [5.74, 6) is 5.44. The second-order valence-corrected chi connectivity index (χ2v) is 8.05. The zero-order chi connectivity index (χ0) is 11.7. The van der Waals surface area contributed by atoms with Crippen LogP contribution in [0.2, 0.25) is 0 Å². The number of terminal acetylenes is 2. The van der Waals surface area contributed by atoms with Crippen molar-refractivity contribution in [3.8, 4) is 24.7 Å². The van der Waals surface area contributed by atoms with Crippen LogP contribution >= 0.6 is 47.0 Å². The van der Waals surface area contributed by atoms with Gasteiger partial charge in [-0.2, -0.15) is 0 Å². The largest absolute Gasteiger partial charge is 0.114 e. The van der Waals surface area contributed by atoms with Crippen LogP contribution in [0.1, 0.15) is 13.8 Å². The number of rotatable bonds is 0. The molecule has 0 aromatic rings. The topological polar surface area (TPSA) is 0 Å². The molecule has 80 valence electrons. The molecule has 16 heavy (non-hydrogen) atoms. The van der Waals surface area contributed by atoms with Crippen molar-refractivity contribution < 1.29 is 0 Å². The molecule has 0 unspecified atom stereocenters. The third kappa shape index (κ3) is 2.21. The standard InChI is InChI=1S/C12H8S4/c1-5-9-7(3)13-11(15-9)12-14-8(4)10(6-2)16-12/h1-2H,3-4H3/b12-11+. The van der Waals surface area contributed by atoms with E-state index in [4.69, 9.17) is 12.8 Å². The molecule has 0 saturated heterocycles. The lowest BCUT2D eigenvalue weighted by Crippen LogP contribution is -1.67. The summed E-state index contributed by atoms with van der Waals surface area (Å²) >= 11 is 6.87. The second-order valence-electron chi connectivity index (χ2n) is 3.04. The van der Waals surface area contributed by atoms with Crippen LogP contribution < -0.4 is 0 Å². The van der Waals surface area contributed by atoms with E-state index in [1.807, 2.05) is 0 Å². The molecule has 2 aliphatic heterocycles. The van der Waals surface area contributed by atoms with Crippen molar-refractivity contribution in [3.05, 3.63) is 28.1 Å². The van der Waals surface area contributed by atoms with Crippen molar-refractivity contribution in [1.82, 2.24) is 0 Å². The summed E-state index contributed by atoms with van der Waals surface area (Å²) in [6.07, 6.45) is 10.9. The van der Waals surface area contributed by atoms with Crippen molar-refractivity contribution >= 4 is 47.0 Å². The molecule has 0 aromatic heterocycles. The Morgan fingerprint density at radius 1 is 0.750 bits per heavy atom. The fourth-order valence-electron chi connectivity index (χ4n) is 1.17. The van der Waals surface area contributed by atoms with Crippen LogP contribution in [0.3, 0.4) is 0 Å². The molecule has 0 radical (unpaired) electrons. The summed E-state index contributed by atoms with van der Waals surface area (Å²) in [4.78, 5) is 4.48. The predicted octanol–water partition coefficient (Wildman–Crippen LogP) is 4.80. The maximum absolute atomic E-state index is 5.44. The first-order valence-corrected chi connectivity index (χ1v) is 7.73. The highest BCUT2D eigenvalue weighted by Crippen LogP contribution is 2.59. The second kappa shape index (κ2) is 4.94. The first-order chi connectivity index (χ1) is 7.65. The van der Waals surface area contributed by atoms with Crippen LogP contribution in [0.4, 0.5) is 0 Å². The van der Waals surface area contributed by atoms with E-state index in [9.17, 15) is 0 Å². The van der Waals surface area contributed by atoms with Gasteiger partial charge in [-0.1, -0.05) is 58.9 Å². The Kier molecular flexibility index (Phi) is 3.77. The van der Waals surface area contributed by atoms with E-state index in [0.717, 1.165) is 9.81 Å². The smallest absolute Gasteiger partial charge is 0.0720 e. The minimum Gasteiger partial charge on any atom is -0.114 e. The van der Waals surface area contributed by atoms with Gasteiger partial charge in [0.1, 0.15) is 0 Å². The van der Waals surface area contributed by atoms with Crippen molar-refractivity contribution in [2.24, 2.45) is 0 Å². The zero-order valence-corrected chi connectivity index (χ0v) is 12.1. The lowest BCUT2D eigenvalue weighted by Gasteiger charge is -2.00. The first kappa shape index (κ1) is 12.2. The maximum Gasteiger partial charge on any atom is 0.0720 e. The Hall–Kier alpha value is -0.260. The Labute approximate surface area is 113 Å². The van der Waals surface area contributed by atoms with Gasteiger partial charge in [0.05, 0.1) is 18.3 Å². The number of hydrogen-bond donors (Lipinski definition) is 0. The highest BCUT2D eigenvalue weighted by atomic mass is 32.2. The Morgan fingerprint density at radius 2 is 1.12 bits per heavy atom. The first-order valence-electron chi connectivity index (χ1n) is 4.46. The molecule has 0 nitrogen and oxygen atoms in total. The number of hydrogen-bond acceptors (Lipinski definition) is 4. The van der Waals surface area contributed by atoms with E-state index < -0.39 is 0 Å². The normalized spacial score (nSPS) is 25.0. The molecular weight excluding hydrogens is 272 g/mol. The van der Waals surface area contributed by atoms with E-state index in [1.165, 1.54) is 18.3 Å². The van der Waals surface area contributed by atoms with Gasteiger partial charge in [0, 0.05) is 9.81 Å². The van der Waals surface area contributed by atoms with Gasteiger partial charge in [0.25, 0.3) is 0 Å². The van der Waals surface area contributed by atoms with Crippen LogP contribution in [0.5, 0.6) is 0 Å². The van der Waals surface area contributed by atoms with Crippen molar-refractivity contribution in [1.29, 1.82) is 0 Å². The van der Waals surface area contributed by atoms with Crippen LogP contribution in [0.25, 0.3) is 0 Å². The quantitative estimate of drug-likeness (QED) is 0.584. The Balaban J connectivity index is 2.21. The summed E-state index contributed by atoms with van der Waals surface area (Å²) in [7, 11) is 0. The predicted molar refractivity (Wildman–Crippen MR) is 80.5 cm³/mol. The van der Waals surface area contributed by atoms with Gasteiger partial charge in [-0.15, -0.1) is 12.8 Å². The molecule has 0 fully saturated rings. The van der Waals surface area contributed by atoms with Gasteiger partial charge in [-0.05, 0) is 13.8 Å². The zero-order valence-electron chi connectivity index (χ0n) is 8.79. The van der Waals surface area contributed by atoms with Gasteiger partial charge < -0.3 is 0 Å². The van der Waals surface area contributed by atoms with Crippen LogP contribution in [-0.4, -0.2) is 0 Å². The van der Waals surface area contributed by atoms with Crippen molar-refractivity contribution in [3.63, 3.8) is 0 Å². The van der Waals surface area contributed by atoms with Gasteiger partial charge in [-0.3, -0.25) is 0 Å². The fourth-order valence-corrected chi connectivity index (χ4v) is 6.22. The van der Waals surface area contributed by atoms with E-state index in [1.54, 1.807) is 47.0 Å². The fraction of sp³-hybridized carbons (Fsp3) is 0.167. The Bertz CT molecular complexity index is 472. The van der Waals surface area contributed by atoms with Gasteiger partial charge in [-0.25, -0.2) is 0 Å². The molecule has 4 heteroatoms. The molecule has 0 N–H and O–H groups in total. The lowest BCUT2D eigenvalue weighted by atomic mass is 10.5. The number of allylic oxidation sites excluding steroid dienone is 4. The van der Waals surface area contributed by atoms with Crippen LogP contribution in [0.15, 0.2) is 28.1 Å². The molecule has 0 spiro atoms. The molecule has 2 rings (SSSR count). The summed E-state index contributed by atoms with van der Waals surface area (Å²) < 4.78 is 2.54. The van der Waals surface area contributed by atoms with Gasteiger partial charge in [0.2, 0.25) is 0 Å². The lowest BCUT2D eigenvalue weighted by molar-refractivity contribution is 1.69. The summed E-state index contributed by atoms with van der Waals surface area (Å²) in [5, 5.41) is 0. The van der Waals surface area contributed by atoms with Crippen molar-refractivity contribution in [2.45, 2.75) is 13.8 Å². The van der Waals surface area contributed by atoms with Crippen LogP contribution in [-0.2, 0) is 0 Å². The average molecular weight is 280 g/mol. The van der Waals surface area contributed by atoms with Crippen LogP contribution in [0, 0.1) is 24.7 Å². The minimum atomic E-state index is 1.03. The summed E-state index contributed by atoms with van der Waals surface area (Å²) in [6.45, 7) is 4.13.